The molecule has 0 fully saturated rings. The predicted octanol–water partition coefficient (Wildman–Crippen LogP) is 0.948. The van der Waals surface area contributed by atoms with E-state index in [9.17, 15) is 0 Å². The van der Waals surface area contributed by atoms with Gasteiger partial charge in [0.05, 0.1) is 10.3 Å². The van der Waals surface area contributed by atoms with Crippen LogP contribution in [-0.4, -0.2) is 29.1 Å². The van der Waals surface area contributed by atoms with Gasteiger partial charge in [-0.25, -0.2) is 0 Å². The fourth-order valence-electron chi connectivity index (χ4n) is 0.158. The lowest BCUT2D eigenvalue weighted by atomic mass is 11.7. The van der Waals surface area contributed by atoms with Crippen LogP contribution in [0.1, 0.15) is 0 Å². The van der Waals surface area contributed by atoms with Gasteiger partial charge in [0.2, 0.25) is 0 Å². The van der Waals surface area contributed by atoms with Gasteiger partial charge in [-0.2, -0.15) is 10.0 Å². The topological polar surface area (TPSA) is 38.0 Å². The molecular weight excluding hydrogens is 108 g/mol. The van der Waals surface area contributed by atoms with Crippen LogP contribution in [0.2, 0.25) is 0 Å². The lowest BCUT2D eigenvalue weighted by Crippen LogP contribution is -1.91. The molecule has 0 spiro atoms. The molecule has 0 aromatic heterocycles. The summed E-state index contributed by atoms with van der Waals surface area (Å²) < 4.78 is 0. The fourth-order valence-corrected chi connectivity index (χ4v) is 0.474. The summed E-state index contributed by atoms with van der Waals surface area (Å²) in [5.41, 5.74) is 8.14. The van der Waals surface area contributed by atoms with Gasteiger partial charge >= 0.3 is 5.55 Å². The number of hydrogen-bond donors (Lipinski definition) is 1. The van der Waals surface area contributed by atoms with E-state index in [1.807, 2.05) is 0 Å². The molecular formula is C4H11N2S+. The van der Waals surface area contributed by atoms with Crippen LogP contribution in [0.15, 0.2) is 0 Å². The maximum absolute atomic E-state index is 6.45. The van der Waals surface area contributed by atoms with E-state index in [-0.39, 0.29) is 0 Å². The van der Waals surface area contributed by atoms with E-state index < -0.39 is 10.0 Å². The number of hydrogen-bond acceptors (Lipinski definition) is 1. The van der Waals surface area contributed by atoms with Gasteiger partial charge in [-0.15, -0.1) is 0 Å². The Balaban J connectivity index is 3.80. The molecule has 0 radical (unpaired) electrons. The summed E-state index contributed by atoms with van der Waals surface area (Å²) in [5, 5.41) is 0. The minimum atomic E-state index is -0.653. The third kappa shape index (κ3) is 5.73. The van der Waals surface area contributed by atoms with E-state index in [1.165, 1.54) is 0 Å². The third-order valence-corrected chi connectivity index (χ3v) is 1.11. The van der Waals surface area contributed by atoms with E-state index in [1.54, 1.807) is 5.55 Å². The lowest BCUT2D eigenvalue weighted by Gasteiger charge is -2.08. The Hall–Kier alpha value is -0.270. The minimum absolute atomic E-state index is 0.653. The van der Waals surface area contributed by atoms with Crippen molar-refractivity contribution in [2.45, 2.75) is 0 Å². The Bertz CT molecular complexity index is 96.7. The molecule has 0 aliphatic rings. The molecule has 1 N–H and O–H groups in total. The summed E-state index contributed by atoms with van der Waals surface area (Å²) in [4.78, 5) is 3.17. The first-order chi connectivity index (χ1) is 3.06. The first-order valence-electron chi connectivity index (χ1n) is 1.94. The van der Waals surface area contributed by atoms with E-state index in [2.05, 4.69) is 23.6 Å². The smallest absolute Gasteiger partial charge is 0.152 e. The van der Waals surface area contributed by atoms with Crippen LogP contribution in [-0.2, 0) is 0 Å². The Labute approximate surface area is 45.5 Å². The highest BCUT2D eigenvalue weighted by molar-refractivity contribution is 8.42. The standard InChI is InChI=1S/C4H11N2S/c1-7(2,3)4-6-5/h4-5H,1-3H3/q+1. The molecule has 0 aliphatic carbocycles. The van der Waals surface area contributed by atoms with Crippen LogP contribution in [0.4, 0.5) is 0 Å². The van der Waals surface area contributed by atoms with Crippen LogP contribution >= 0.6 is 10.0 Å². The van der Waals surface area contributed by atoms with E-state index in [4.69, 9.17) is 5.53 Å². The molecule has 0 heterocycles. The second kappa shape index (κ2) is 2.15. The molecule has 0 saturated carbocycles. The van der Waals surface area contributed by atoms with Crippen LogP contribution in [0.3, 0.4) is 0 Å². The Kier molecular flexibility index (Phi) is 2.06. The molecule has 0 atom stereocenters. The van der Waals surface area contributed by atoms with E-state index in [0.29, 0.717) is 0 Å². The number of nitrogens with one attached hydrogen (secondary N) is 1. The maximum atomic E-state index is 6.45. The average Bonchev–Trinajstić information content (AvgIpc) is 1.30. The summed E-state index contributed by atoms with van der Waals surface area (Å²) in [7, 11) is -0.653. The molecule has 0 saturated heterocycles. The molecule has 2 nitrogen and oxygen atoms in total. The first kappa shape index (κ1) is 6.73. The van der Waals surface area contributed by atoms with Crippen molar-refractivity contribution in [3.63, 3.8) is 0 Å². The van der Waals surface area contributed by atoms with Gasteiger partial charge in [-0.1, -0.05) is 0 Å². The lowest BCUT2D eigenvalue weighted by molar-refractivity contribution is -0.108. The van der Waals surface area contributed by atoms with Gasteiger partial charge < -0.3 is 0 Å². The van der Waals surface area contributed by atoms with E-state index in [0.717, 1.165) is 0 Å². The average molecular weight is 119 g/mol. The van der Waals surface area contributed by atoms with Crippen molar-refractivity contribution in [3.05, 3.63) is 0 Å². The molecule has 0 aromatic carbocycles. The molecule has 0 bridgehead atoms. The second-order valence-corrected chi connectivity index (χ2v) is 6.24. The minimum Gasteiger partial charge on any atom is -0.152 e. The monoisotopic (exact) mass is 119 g/mol. The highest BCUT2D eigenvalue weighted by Crippen LogP contribution is 2.28. The summed E-state index contributed by atoms with van der Waals surface area (Å²) >= 11 is 0. The molecule has 0 aromatic rings. The highest BCUT2D eigenvalue weighted by atomic mass is 32.3. The molecule has 7 heavy (non-hydrogen) atoms. The second-order valence-electron chi connectivity index (χ2n) is 2.17. The van der Waals surface area contributed by atoms with Gasteiger partial charge in [0.25, 0.3) is 0 Å². The Morgan fingerprint density at radius 3 is 1.86 bits per heavy atom. The van der Waals surface area contributed by atoms with Gasteiger partial charge in [0, 0.05) is 0 Å². The summed E-state index contributed by atoms with van der Waals surface area (Å²) in [6, 6.07) is 0. The fraction of sp³-hybridized carbons (Fsp3) is 0.750. The zero-order chi connectivity index (χ0) is 5.91. The summed E-state index contributed by atoms with van der Waals surface area (Å²) in [6.07, 6.45) is 6.26. The molecule has 0 amide bonds. The number of nitrogens with zero attached hydrogens (tertiary/aromatic N) is 1. The van der Waals surface area contributed by atoms with E-state index >= 15 is 0 Å². The zero-order valence-electron chi connectivity index (χ0n) is 4.93. The normalized spacial score (nSPS) is 12.4. The molecule has 0 aliphatic heterocycles. The van der Waals surface area contributed by atoms with Gasteiger partial charge in [0.1, 0.15) is 0 Å². The van der Waals surface area contributed by atoms with Crippen LogP contribution in [0.5, 0.6) is 0 Å². The van der Waals surface area contributed by atoms with Crippen molar-refractivity contribution in [1.29, 1.82) is 5.53 Å². The van der Waals surface area contributed by atoms with Crippen LogP contribution in [0, 0.1) is 5.53 Å². The quantitative estimate of drug-likeness (QED) is 0.231. The van der Waals surface area contributed by atoms with Gasteiger partial charge in [-0.05, 0) is 18.8 Å². The molecule has 3 heteroatoms. The van der Waals surface area contributed by atoms with Crippen molar-refractivity contribution in [2.75, 3.05) is 18.8 Å². The number of rotatable bonds is 1. The van der Waals surface area contributed by atoms with Crippen molar-refractivity contribution in [1.82, 2.24) is 0 Å². The highest BCUT2D eigenvalue weighted by Gasteiger charge is 2.03. The van der Waals surface area contributed by atoms with Crippen LogP contribution < -0.4 is 0 Å². The van der Waals surface area contributed by atoms with Crippen molar-refractivity contribution in [2.24, 2.45) is 0 Å². The summed E-state index contributed by atoms with van der Waals surface area (Å²) in [5.74, 6) is 0. The van der Waals surface area contributed by atoms with Crippen molar-refractivity contribution in [3.8, 4) is 0 Å². The van der Waals surface area contributed by atoms with Crippen LogP contribution in [0.25, 0.3) is 0 Å². The zero-order valence-corrected chi connectivity index (χ0v) is 5.75. The van der Waals surface area contributed by atoms with Crippen molar-refractivity contribution >= 4 is 15.6 Å². The Morgan fingerprint density at radius 1 is 1.43 bits per heavy atom. The maximum Gasteiger partial charge on any atom is 0.346 e. The third-order valence-electron chi connectivity index (χ3n) is 0.369. The van der Waals surface area contributed by atoms with Gasteiger partial charge in [0.15, 0.2) is 0 Å². The SMILES string of the molecule is CS(C)(C)C=[N+]=N. The first-order valence-corrected chi connectivity index (χ1v) is 4.86. The molecule has 0 rings (SSSR count). The predicted molar refractivity (Wildman–Crippen MR) is 34.4 cm³/mol. The largest absolute Gasteiger partial charge is 0.346 e. The Morgan fingerprint density at radius 2 is 1.86 bits per heavy atom. The molecule has 42 valence electrons. The summed E-state index contributed by atoms with van der Waals surface area (Å²) in [6.45, 7) is 0. The van der Waals surface area contributed by atoms with Gasteiger partial charge in [-0.3, -0.25) is 0 Å². The van der Waals surface area contributed by atoms with Crippen molar-refractivity contribution < 1.29 is 4.79 Å². The molecule has 0 unspecified atom stereocenters.